The summed E-state index contributed by atoms with van der Waals surface area (Å²) in [5.74, 6) is 0.614. The fraction of sp³-hybridized carbons (Fsp3) is 1.00. The predicted molar refractivity (Wildman–Crippen MR) is 76.4 cm³/mol. The third-order valence-corrected chi connectivity index (χ3v) is 4.44. The third kappa shape index (κ3) is 4.68. The van der Waals surface area contributed by atoms with Crippen molar-refractivity contribution in [1.29, 1.82) is 0 Å². The van der Waals surface area contributed by atoms with E-state index in [1.54, 1.807) is 0 Å². The topological polar surface area (TPSA) is 48.0 Å². The lowest BCUT2D eigenvalue weighted by Gasteiger charge is -2.35. The van der Waals surface area contributed by atoms with Gasteiger partial charge in [-0.2, -0.15) is 0 Å². The summed E-state index contributed by atoms with van der Waals surface area (Å²) in [5.41, 5.74) is 0. The van der Waals surface area contributed by atoms with E-state index in [-0.39, 0.29) is 6.61 Å². The Morgan fingerprint density at radius 3 is 2.79 bits per heavy atom. The van der Waals surface area contributed by atoms with E-state index in [0.717, 1.165) is 52.4 Å². The number of aliphatic hydroxyl groups excluding tert-OH is 1. The summed E-state index contributed by atoms with van der Waals surface area (Å²) in [6, 6.07) is 0.602. The van der Waals surface area contributed by atoms with Crippen molar-refractivity contribution < 1.29 is 9.84 Å². The molecule has 0 aromatic rings. The number of ether oxygens (including phenoxy) is 1. The monoisotopic (exact) mass is 271 g/mol. The van der Waals surface area contributed by atoms with E-state index in [9.17, 15) is 0 Å². The first-order chi connectivity index (χ1) is 9.33. The number of nitrogens with zero attached hydrogens (tertiary/aromatic N) is 2. The van der Waals surface area contributed by atoms with Crippen molar-refractivity contribution in [3.05, 3.63) is 0 Å². The molecule has 2 rings (SSSR count). The molecule has 0 amide bonds. The Labute approximate surface area is 116 Å². The van der Waals surface area contributed by atoms with Crippen LogP contribution in [0.1, 0.15) is 12.8 Å². The number of rotatable bonds is 5. The van der Waals surface area contributed by atoms with Crippen LogP contribution < -0.4 is 5.32 Å². The van der Waals surface area contributed by atoms with Gasteiger partial charge < -0.3 is 20.1 Å². The molecule has 2 fully saturated rings. The van der Waals surface area contributed by atoms with Gasteiger partial charge in [0.1, 0.15) is 0 Å². The maximum atomic E-state index is 9.02. The van der Waals surface area contributed by atoms with Crippen molar-refractivity contribution in [3.63, 3.8) is 0 Å². The second kappa shape index (κ2) is 8.17. The Morgan fingerprint density at radius 2 is 2.00 bits per heavy atom. The van der Waals surface area contributed by atoms with E-state index in [0.29, 0.717) is 12.0 Å². The maximum absolute atomic E-state index is 9.02. The first-order valence-electron chi connectivity index (χ1n) is 7.64. The van der Waals surface area contributed by atoms with Gasteiger partial charge in [0.15, 0.2) is 0 Å². The van der Waals surface area contributed by atoms with Crippen molar-refractivity contribution in [3.8, 4) is 0 Å². The summed E-state index contributed by atoms with van der Waals surface area (Å²) in [6.07, 6.45) is 2.34. The summed E-state index contributed by atoms with van der Waals surface area (Å²) >= 11 is 0. The summed E-state index contributed by atoms with van der Waals surface area (Å²) in [4.78, 5) is 4.94. The fourth-order valence-corrected chi connectivity index (χ4v) is 3.26. The molecule has 2 aliphatic heterocycles. The van der Waals surface area contributed by atoms with Gasteiger partial charge in [0.25, 0.3) is 0 Å². The highest BCUT2D eigenvalue weighted by Crippen LogP contribution is 2.17. The zero-order chi connectivity index (χ0) is 13.5. The summed E-state index contributed by atoms with van der Waals surface area (Å²) in [5, 5.41) is 12.5. The van der Waals surface area contributed by atoms with Gasteiger partial charge in [-0.15, -0.1) is 0 Å². The average molecular weight is 271 g/mol. The molecule has 0 radical (unpaired) electrons. The maximum Gasteiger partial charge on any atom is 0.0558 e. The van der Waals surface area contributed by atoms with Crippen LogP contribution in [0.25, 0.3) is 0 Å². The van der Waals surface area contributed by atoms with Gasteiger partial charge in [0.05, 0.1) is 13.2 Å². The lowest BCUT2D eigenvalue weighted by molar-refractivity contribution is 0.0189. The Hall–Kier alpha value is -0.200. The summed E-state index contributed by atoms with van der Waals surface area (Å²) in [6.45, 7) is 8.51. The van der Waals surface area contributed by atoms with E-state index in [1.165, 1.54) is 13.0 Å². The van der Waals surface area contributed by atoms with Crippen LogP contribution >= 0.6 is 0 Å². The van der Waals surface area contributed by atoms with Gasteiger partial charge in [0, 0.05) is 44.7 Å². The molecule has 0 spiro atoms. The molecule has 2 atom stereocenters. The normalized spacial score (nSPS) is 31.3. The minimum absolute atomic E-state index is 0.276. The van der Waals surface area contributed by atoms with Crippen molar-refractivity contribution in [2.45, 2.75) is 18.9 Å². The molecule has 0 aromatic heterocycles. The number of nitrogens with one attached hydrogen (secondary N) is 1. The van der Waals surface area contributed by atoms with Crippen molar-refractivity contribution >= 4 is 0 Å². The highest BCUT2D eigenvalue weighted by molar-refractivity contribution is 4.82. The molecule has 0 aromatic carbocycles. The predicted octanol–water partition coefficient (Wildman–Crippen LogP) is -0.389. The van der Waals surface area contributed by atoms with Crippen LogP contribution in [0.5, 0.6) is 0 Å². The summed E-state index contributed by atoms with van der Waals surface area (Å²) < 4.78 is 5.64. The Bertz CT molecular complexity index is 253. The molecule has 2 unspecified atom stereocenters. The van der Waals surface area contributed by atoms with Crippen molar-refractivity contribution in [2.75, 3.05) is 66.1 Å². The number of hydrogen-bond donors (Lipinski definition) is 2. The minimum atomic E-state index is 0.276. The van der Waals surface area contributed by atoms with Crippen LogP contribution in [-0.4, -0.2) is 87.1 Å². The first kappa shape index (κ1) is 15.2. The van der Waals surface area contributed by atoms with Crippen LogP contribution in [0.4, 0.5) is 0 Å². The molecule has 2 N–H and O–H groups in total. The highest BCUT2D eigenvalue weighted by atomic mass is 16.5. The van der Waals surface area contributed by atoms with Gasteiger partial charge in [0.2, 0.25) is 0 Å². The highest BCUT2D eigenvalue weighted by Gasteiger charge is 2.27. The van der Waals surface area contributed by atoms with Crippen LogP contribution in [0.15, 0.2) is 0 Å². The van der Waals surface area contributed by atoms with Gasteiger partial charge in [-0.3, -0.25) is 4.90 Å². The Balaban J connectivity index is 1.78. The average Bonchev–Trinajstić information content (AvgIpc) is 2.66. The molecule has 5 nitrogen and oxygen atoms in total. The van der Waals surface area contributed by atoms with E-state index < -0.39 is 0 Å². The van der Waals surface area contributed by atoms with Gasteiger partial charge in [-0.05, 0) is 33.0 Å². The first-order valence-corrected chi connectivity index (χ1v) is 7.64. The molecular weight excluding hydrogens is 242 g/mol. The molecule has 5 heteroatoms. The molecule has 0 saturated carbocycles. The Kier molecular flexibility index (Phi) is 6.53. The zero-order valence-electron chi connectivity index (χ0n) is 12.2. The van der Waals surface area contributed by atoms with Crippen LogP contribution in [-0.2, 0) is 4.74 Å². The van der Waals surface area contributed by atoms with E-state index in [1.807, 2.05) is 0 Å². The fourth-order valence-electron chi connectivity index (χ4n) is 3.26. The second-order valence-electron chi connectivity index (χ2n) is 5.74. The largest absolute Gasteiger partial charge is 0.395 e. The van der Waals surface area contributed by atoms with E-state index in [2.05, 4.69) is 22.2 Å². The van der Waals surface area contributed by atoms with E-state index in [4.69, 9.17) is 9.84 Å². The van der Waals surface area contributed by atoms with Gasteiger partial charge in [-0.1, -0.05) is 0 Å². The standard InChI is InChI=1S/C14H29N3O2/c1-15-14-3-10-19-12-13(14)11-17-5-2-4-16(6-7-17)8-9-18/h13-15,18H,2-12H2,1H3. The lowest BCUT2D eigenvalue weighted by Crippen LogP contribution is -2.47. The zero-order valence-corrected chi connectivity index (χ0v) is 12.2. The molecule has 2 aliphatic rings. The third-order valence-electron chi connectivity index (χ3n) is 4.44. The van der Waals surface area contributed by atoms with Crippen LogP contribution in [0, 0.1) is 5.92 Å². The summed E-state index contributed by atoms with van der Waals surface area (Å²) in [7, 11) is 2.06. The molecule has 2 saturated heterocycles. The number of aliphatic hydroxyl groups is 1. The number of hydrogen-bond acceptors (Lipinski definition) is 5. The molecular formula is C14H29N3O2. The number of β-amino-alcohol motifs (C(OH)–C–C–N with tert-alkyl or cyclic N) is 1. The molecule has 0 bridgehead atoms. The van der Waals surface area contributed by atoms with Crippen molar-refractivity contribution in [1.82, 2.24) is 15.1 Å². The molecule has 19 heavy (non-hydrogen) atoms. The SMILES string of the molecule is CNC1CCOCC1CN1CCCN(CCO)CC1. The van der Waals surface area contributed by atoms with Gasteiger partial charge >= 0.3 is 0 Å². The quantitative estimate of drug-likeness (QED) is 0.713. The van der Waals surface area contributed by atoms with E-state index >= 15 is 0 Å². The molecule has 112 valence electrons. The second-order valence-corrected chi connectivity index (χ2v) is 5.74. The van der Waals surface area contributed by atoms with Crippen molar-refractivity contribution in [2.24, 2.45) is 5.92 Å². The molecule has 2 heterocycles. The minimum Gasteiger partial charge on any atom is -0.395 e. The van der Waals surface area contributed by atoms with Crippen LogP contribution in [0.2, 0.25) is 0 Å². The Morgan fingerprint density at radius 1 is 1.21 bits per heavy atom. The van der Waals surface area contributed by atoms with Gasteiger partial charge in [-0.25, -0.2) is 0 Å². The molecule has 0 aliphatic carbocycles. The smallest absolute Gasteiger partial charge is 0.0558 e. The lowest BCUT2D eigenvalue weighted by atomic mass is 9.95. The van der Waals surface area contributed by atoms with Crippen LogP contribution in [0.3, 0.4) is 0 Å².